The molecule has 0 atom stereocenters. The minimum atomic E-state index is -0.560. The quantitative estimate of drug-likeness (QED) is 0.842. The molecule has 0 spiro atoms. The van der Waals surface area contributed by atoms with Crippen LogP contribution in [-0.2, 0) is 4.74 Å². The predicted molar refractivity (Wildman–Crippen MR) is 68.7 cm³/mol. The fourth-order valence-electron chi connectivity index (χ4n) is 1.20. The average Bonchev–Trinajstić information content (AvgIpc) is 2.16. The van der Waals surface area contributed by atoms with Gasteiger partial charge in [-0.05, 0) is 61.3 Å². The molecule has 3 nitrogen and oxygen atoms in total. The van der Waals surface area contributed by atoms with E-state index in [1.165, 1.54) is 12.1 Å². The monoisotopic (exact) mass is 303 g/mol. The van der Waals surface area contributed by atoms with Gasteiger partial charge in [0.2, 0.25) is 0 Å². The van der Waals surface area contributed by atoms with Gasteiger partial charge < -0.3 is 4.74 Å². The molecule has 0 bridgehead atoms. The molecule has 94 valence electrons. The van der Waals surface area contributed by atoms with Gasteiger partial charge in [-0.25, -0.2) is 9.18 Å². The first-order valence-electron chi connectivity index (χ1n) is 5.15. The number of hydrogen-bond acceptors (Lipinski definition) is 2. The van der Waals surface area contributed by atoms with Gasteiger partial charge in [-0.15, -0.1) is 0 Å². The highest BCUT2D eigenvalue weighted by molar-refractivity contribution is 9.10. The van der Waals surface area contributed by atoms with E-state index in [0.29, 0.717) is 15.7 Å². The largest absolute Gasteiger partial charge is 0.444 e. The molecule has 0 saturated carbocycles. The van der Waals surface area contributed by atoms with Gasteiger partial charge in [-0.2, -0.15) is 0 Å². The molecule has 1 aromatic rings. The Balaban J connectivity index is 2.83. The van der Waals surface area contributed by atoms with Crippen LogP contribution in [0.4, 0.5) is 14.9 Å². The first-order valence-corrected chi connectivity index (χ1v) is 5.94. The van der Waals surface area contributed by atoms with Crippen LogP contribution >= 0.6 is 15.9 Å². The fraction of sp³-hybridized carbons (Fsp3) is 0.417. The summed E-state index contributed by atoms with van der Waals surface area (Å²) in [6.07, 6.45) is -0.556. The third-order valence-electron chi connectivity index (χ3n) is 1.97. The van der Waals surface area contributed by atoms with Gasteiger partial charge in [0.15, 0.2) is 0 Å². The second kappa shape index (κ2) is 5.04. The van der Waals surface area contributed by atoms with Crippen LogP contribution in [0.15, 0.2) is 16.6 Å². The Morgan fingerprint density at radius 3 is 2.53 bits per heavy atom. The average molecular weight is 304 g/mol. The number of amides is 1. The Kier molecular flexibility index (Phi) is 4.14. The SMILES string of the molecule is Cc1c(NC(=O)OC(C)(C)C)ccc(F)c1Br. The first kappa shape index (κ1) is 14.0. The van der Waals surface area contributed by atoms with Crippen molar-refractivity contribution in [2.24, 2.45) is 0 Å². The van der Waals surface area contributed by atoms with E-state index in [0.717, 1.165) is 0 Å². The van der Waals surface area contributed by atoms with Gasteiger partial charge >= 0.3 is 6.09 Å². The normalized spacial score (nSPS) is 11.2. The predicted octanol–water partition coefficient (Wildman–Crippen LogP) is 4.24. The molecule has 0 aliphatic rings. The first-order chi connectivity index (χ1) is 7.70. The van der Waals surface area contributed by atoms with E-state index in [-0.39, 0.29) is 5.82 Å². The van der Waals surface area contributed by atoms with Crippen LogP contribution in [-0.4, -0.2) is 11.7 Å². The minimum absolute atomic E-state index is 0.339. The van der Waals surface area contributed by atoms with Crippen LogP contribution in [0.2, 0.25) is 0 Å². The summed E-state index contributed by atoms with van der Waals surface area (Å²) >= 11 is 3.11. The second-order valence-electron chi connectivity index (χ2n) is 4.66. The number of nitrogens with one attached hydrogen (secondary N) is 1. The summed E-state index contributed by atoms with van der Waals surface area (Å²) in [5, 5.41) is 2.58. The lowest BCUT2D eigenvalue weighted by Crippen LogP contribution is -2.27. The standard InChI is InChI=1S/C12H15BrFNO2/c1-7-9(6-5-8(14)10(7)13)15-11(16)17-12(2,3)4/h5-6H,1-4H3,(H,15,16). The molecule has 1 rings (SSSR count). The third-order valence-corrected chi connectivity index (χ3v) is 2.95. The number of hydrogen-bond donors (Lipinski definition) is 1. The van der Waals surface area contributed by atoms with E-state index in [1.54, 1.807) is 27.7 Å². The van der Waals surface area contributed by atoms with Crippen LogP contribution < -0.4 is 5.32 Å². The Bertz CT molecular complexity index is 441. The van der Waals surface area contributed by atoms with Crippen LogP contribution in [0.5, 0.6) is 0 Å². The summed E-state index contributed by atoms with van der Waals surface area (Å²) < 4.78 is 18.6. The zero-order chi connectivity index (χ0) is 13.2. The maximum absolute atomic E-state index is 13.2. The van der Waals surface area contributed by atoms with Crippen molar-refractivity contribution >= 4 is 27.7 Å². The Morgan fingerprint density at radius 1 is 1.41 bits per heavy atom. The van der Waals surface area contributed by atoms with Gasteiger partial charge in [0, 0.05) is 5.69 Å². The molecule has 1 amide bonds. The van der Waals surface area contributed by atoms with Gasteiger partial charge in [-0.1, -0.05) is 0 Å². The molecule has 0 saturated heterocycles. The number of carbonyl (C=O) groups excluding carboxylic acids is 1. The zero-order valence-electron chi connectivity index (χ0n) is 10.2. The molecule has 1 aromatic carbocycles. The Morgan fingerprint density at radius 2 is 2.00 bits per heavy atom. The number of halogens is 2. The van der Waals surface area contributed by atoms with Crippen LogP contribution in [0, 0.1) is 12.7 Å². The number of benzene rings is 1. The highest BCUT2D eigenvalue weighted by Gasteiger charge is 2.17. The molecule has 0 aromatic heterocycles. The maximum Gasteiger partial charge on any atom is 0.412 e. The molecule has 1 N–H and O–H groups in total. The molecule has 0 aliphatic heterocycles. The van der Waals surface area contributed by atoms with E-state index in [1.807, 2.05) is 0 Å². The van der Waals surface area contributed by atoms with Gasteiger partial charge in [-0.3, -0.25) is 5.32 Å². The van der Waals surface area contributed by atoms with Crippen molar-refractivity contribution in [1.82, 2.24) is 0 Å². The smallest absolute Gasteiger partial charge is 0.412 e. The number of rotatable bonds is 1. The van der Waals surface area contributed by atoms with Gasteiger partial charge in [0.1, 0.15) is 11.4 Å². The molecule has 0 fully saturated rings. The number of anilines is 1. The zero-order valence-corrected chi connectivity index (χ0v) is 11.8. The maximum atomic E-state index is 13.2. The topological polar surface area (TPSA) is 38.3 Å². The number of carbonyl (C=O) groups is 1. The van der Waals surface area contributed by atoms with Gasteiger partial charge in [0.25, 0.3) is 0 Å². The molecule has 0 radical (unpaired) electrons. The summed E-state index contributed by atoms with van der Waals surface area (Å²) in [4.78, 5) is 11.5. The number of ether oxygens (including phenoxy) is 1. The van der Waals surface area contributed by atoms with E-state index in [4.69, 9.17) is 4.74 Å². The Hall–Kier alpha value is -1.10. The summed E-state index contributed by atoms with van der Waals surface area (Å²) in [6.45, 7) is 7.04. The highest BCUT2D eigenvalue weighted by Crippen LogP contribution is 2.27. The fourth-order valence-corrected chi connectivity index (χ4v) is 1.55. The summed E-state index contributed by atoms with van der Waals surface area (Å²) in [7, 11) is 0. The van der Waals surface area contributed by atoms with Crippen molar-refractivity contribution in [3.05, 3.63) is 28.0 Å². The van der Waals surface area contributed by atoms with Crippen LogP contribution in [0.25, 0.3) is 0 Å². The second-order valence-corrected chi connectivity index (χ2v) is 5.45. The van der Waals surface area contributed by atoms with Gasteiger partial charge in [0.05, 0.1) is 4.47 Å². The van der Waals surface area contributed by atoms with Crippen molar-refractivity contribution < 1.29 is 13.9 Å². The van der Waals surface area contributed by atoms with Crippen molar-refractivity contribution in [3.63, 3.8) is 0 Å². The van der Waals surface area contributed by atoms with E-state index < -0.39 is 11.7 Å². The lowest BCUT2D eigenvalue weighted by Gasteiger charge is -2.20. The molecular formula is C12H15BrFNO2. The summed E-state index contributed by atoms with van der Waals surface area (Å²) in [5.41, 5.74) is 0.582. The molecule has 17 heavy (non-hydrogen) atoms. The Labute approximate surface area is 108 Å². The van der Waals surface area contributed by atoms with Crippen LogP contribution in [0.3, 0.4) is 0 Å². The molecule has 5 heteroatoms. The third kappa shape index (κ3) is 4.00. The van der Waals surface area contributed by atoms with E-state index in [2.05, 4.69) is 21.2 Å². The summed E-state index contributed by atoms with van der Waals surface area (Å²) in [5.74, 6) is -0.364. The van der Waals surface area contributed by atoms with Crippen molar-refractivity contribution in [1.29, 1.82) is 0 Å². The molecular weight excluding hydrogens is 289 g/mol. The molecule has 0 heterocycles. The van der Waals surface area contributed by atoms with Crippen molar-refractivity contribution in [2.45, 2.75) is 33.3 Å². The molecule has 0 aliphatic carbocycles. The van der Waals surface area contributed by atoms with Crippen molar-refractivity contribution in [3.8, 4) is 0 Å². The van der Waals surface area contributed by atoms with E-state index >= 15 is 0 Å². The van der Waals surface area contributed by atoms with Crippen LogP contribution in [0.1, 0.15) is 26.3 Å². The summed E-state index contributed by atoms with van der Waals surface area (Å²) in [6, 6.07) is 2.78. The molecule has 0 unspecified atom stereocenters. The van der Waals surface area contributed by atoms with Crippen molar-refractivity contribution in [2.75, 3.05) is 5.32 Å². The lowest BCUT2D eigenvalue weighted by molar-refractivity contribution is 0.0636. The minimum Gasteiger partial charge on any atom is -0.444 e. The van der Waals surface area contributed by atoms with E-state index in [9.17, 15) is 9.18 Å². The lowest BCUT2D eigenvalue weighted by atomic mass is 10.2. The highest BCUT2D eigenvalue weighted by atomic mass is 79.9.